The van der Waals surface area contributed by atoms with E-state index in [1.807, 2.05) is 65.0 Å². The quantitative estimate of drug-likeness (QED) is 0.534. The molecule has 0 aliphatic heterocycles. The van der Waals surface area contributed by atoms with Gasteiger partial charge in [0.15, 0.2) is 6.61 Å². The molecule has 0 unspecified atom stereocenters. The van der Waals surface area contributed by atoms with Gasteiger partial charge in [0.2, 0.25) is 5.91 Å². The Morgan fingerprint density at radius 1 is 1.10 bits per heavy atom. The van der Waals surface area contributed by atoms with E-state index in [-0.39, 0.29) is 24.5 Å². The van der Waals surface area contributed by atoms with Crippen molar-refractivity contribution in [3.63, 3.8) is 0 Å². The molecule has 2 amide bonds. The van der Waals surface area contributed by atoms with E-state index in [0.29, 0.717) is 12.3 Å². The molecule has 2 atom stereocenters. The minimum atomic E-state index is -0.617. The predicted molar refractivity (Wildman–Crippen MR) is 128 cm³/mol. The first-order chi connectivity index (χ1) is 14.6. The van der Waals surface area contributed by atoms with Crippen LogP contribution in [0.3, 0.4) is 0 Å². The van der Waals surface area contributed by atoms with Crippen LogP contribution >= 0.6 is 15.9 Å². The molecule has 1 N–H and O–H groups in total. The van der Waals surface area contributed by atoms with Crippen LogP contribution in [0.2, 0.25) is 0 Å². The van der Waals surface area contributed by atoms with Gasteiger partial charge in [-0.2, -0.15) is 0 Å². The van der Waals surface area contributed by atoms with Crippen LogP contribution in [0, 0.1) is 20.8 Å². The third kappa shape index (κ3) is 7.10. The number of amides is 2. The molecule has 0 heterocycles. The maximum atomic E-state index is 13.2. The maximum Gasteiger partial charge on any atom is 0.261 e. The van der Waals surface area contributed by atoms with Gasteiger partial charge in [-0.05, 0) is 81.5 Å². The van der Waals surface area contributed by atoms with Gasteiger partial charge in [-0.1, -0.05) is 41.1 Å². The average Bonchev–Trinajstić information content (AvgIpc) is 2.73. The second-order valence-electron chi connectivity index (χ2n) is 8.14. The van der Waals surface area contributed by atoms with Gasteiger partial charge in [0, 0.05) is 17.1 Å². The van der Waals surface area contributed by atoms with E-state index < -0.39 is 6.04 Å². The zero-order chi connectivity index (χ0) is 23.1. The van der Waals surface area contributed by atoms with Crippen molar-refractivity contribution < 1.29 is 14.3 Å². The van der Waals surface area contributed by atoms with Crippen LogP contribution in [-0.2, 0) is 16.1 Å². The first-order valence-corrected chi connectivity index (χ1v) is 11.5. The first kappa shape index (κ1) is 24.9. The molecule has 6 heteroatoms. The molecule has 0 saturated heterocycles. The molecule has 0 radical (unpaired) electrons. The third-order valence-electron chi connectivity index (χ3n) is 5.55. The van der Waals surface area contributed by atoms with Crippen molar-refractivity contribution in [3.8, 4) is 5.75 Å². The standard InChI is InChI=1S/C25H33BrN2O3/c1-7-18(4)27-25(30)20(6)28(14-21-8-10-22(26)11-9-21)24(29)15-31-23-13-16(2)12-17(3)19(23)5/h8-13,18,20H,7,14-15H2,1-6H3,(H,27,30)/t18-,20-/m1/s1. The molecule has 0 bridgehead atoms. The fourth-order valence-electron chi connectivity index (χ4n) is 3.21. The lowest BCUT2D eigenvalue weighted by atomic mass is 10.1. The predicted octanol–water partition coefficient (Wildman–Crippen LogP) is 5.09. The molecule has 0 aromatic heterocycles. The van der Waals surface area contributed by atoms with Crippen molar-refractivity contribution >= 4 is 27.7 Å². The lowest BCUT2D eigenvalue weighted by Crippen LogP contribution is -2.50. The molecule has 0 spiro atoms. The number of nitrogens with one attached hydrogen (secondary N) is 1. The number of halogens is 1. The zero-order valence-electron chi connectivity index (χ0n) is 19.3. The summed E-state index contributed by atoms with van der Waals surface area (Å²) in [7, 11) is 0. The van der Waals surface area contributed by atoms with Crippen molar-refractivity contribution in [2.45, 2.75) is 66.6 Å². The Morgan fingerprint density at radius 3 is 2.35 bits per heavy atom. The number of hydrogen-bond donors (Lipinski definition) is 1. The van der Waals surface area contributed by atoms with Crippen molar-refractivity contribution in [1.29, 1.82) is 0 Å². The van der Waals surface area contributed by atoms with Gasteiger partial charge in [-0.25, -0.2) is 0 Å². The second kappa shape index (κ2) is 11.3. The van der Waals surface area contributed by atoms with Crippen molar-refractivity contribution in [1.82, 2.24) is 10.2 Å². The highest BCUT2D eigenvalue weighted by Crippen LogP contribution is 2.23. The molecular weight excluding hydrogens is 456 g/mol. The molecule has 168 valence electrons. The summed E-state index contributed by atoms with van der Waals surface area (Å²) < 4.78 is 6.86. The fourth-order valence-corrected chi connectivity index (χ4v) is 3.47. The Bertz CT molecular complexity index is 912. The molecule has 2 aromatic rings. The molecule has 31 heavy (non-hydrogen) atoms. The number of ether oxygens (including phenoxy) is 1. The Hall–Kier alpha value is -2.34. The van der Waals surface area contributed by atoms with Gasteiger partial charge in [0.05, 0.1) is 0 Å². The summed E-state index contributed by atoms with van der Waals surface area (Å²) in [6.07, 6.45) is 0.828. The number of carbonyl (C=O) groups excluding carboxylic acids is 2. The van der Waals surface area contributed by atoms with Crippen LogP contribution in [0.15, 0.2) is 40.9 Å². The molecule has 0 aliphatic rings. The van der Waals surface area contributed by atoms with Gasteiger partial charge in [0.25, 0.3) is 5.91 Å². The molecular formula is C25H33BrN2O3. The lowest BCUT2D eigenvalue weighted by molar-refractivity contribution is -0.142. The number of nitrogens with zero attached hydrogens (tertiary/aromatic N) is 1. The summed E-state index contributed by atoms with van der Waals surface area (Å²) in [5, 5.41) is 2.98. The summed E-state index contributed by atoms with van der Waals surface area (Å²) in [6.45, 7) is 11.9. The van der Waals surface area contributed by atoms with E-state index >= 15 is 0 Å². The topological polar surface area (TPSA) is 58.6 Å². The van der Waals surface area contributed by atoms with Crippen LogP contribution < -0.4 is 10.1 Å². The summed E-state index contributed by atoms with van der Waals surface area (Å²) in [6, 6.07) is 11.2. The van der Waals surface area contributed by atoms with E-state index in [2.05, 4.69) is 27.3 Å². The van der Waals surface area contributed by atoms with E-state index in [9.17, 15) is 9.59 Å². The maximum absolute atomic E-state index is 13.2. The molecule has 2 rings (SSSR count). The highest BCUT2D eigenvalue weighted by Gasteiger charge is 2.27. The van der Waals surface area contributed by atoms with E-state index in [1.54, 1.807) is 11.8 Å². The van der Waals surface area contributed by atoms with E-state index in [0.717, 1.165) is 33.1 Å². The van der Waals surface area contributed by atoms with Gasteiger partial charge in [-0.15, -0.1) is 0 Å². The third-order valence-corrected chi connectivity index (χ3v) is 6.08. The number of benzene rings is 2. The summed E-state index contributed by atoms with van der Waals surface area (Å²) in [5.74, 6) is 0.307. The van der Waals surface area contributed by atoms with Crippen LogP contribution in [0.4, 0.5) is 0 Å². The van der Waals surface area contributed by atoms with Crippen molar-refractivity contribution in [3.05, 3.63) is 63.1 Å². The van der Waals surface area contributed by atoms with Crippen molar-refractivity contribution in [2.75, 3.05) is 6.61 Å². The Kier molecular flexibility index (Phi) is 9.11. The smallest absolute Gasteiger partial charge is 0.261 e. The molecule has 0 saturated carbocycles. The summed E-state index contributed by atoms with van der Waals surface area (Å²) in [5.41, 5.74) is 4.16. The molecule has 2 aromatic carbocycles. The Balaban J connectivity index is 2.20. The van der Waals surface area contributed by atoms with Crippen LogP contribution in [0.5, 0.6) is 5.75 Å². The minimum Gasteiger partial charge on any atom is -0.483 e. The number of carbonyl (C=O) groups is 2. The molecule has 0 aliphatic carbocycles. The number of rotatable bonds is 9. The number of aryl methyl sites for hydroxylation is 2. The first-order valence-electron chi connectivity index (χ1n) is 10.7. The van der Waals surface area contributed by atoms with Gasteiger partial charge in [0.1, 0.15) is 11.8 Å². The Labute approximate surface area is 194 Å². The highest BCUT2D eigenvalue weighted by atomic mass is 79.9. The van der Waals surface area contributed by atoms with Crippen molar-refractivity contribution in [2.24, 2.45) is 0 Å². The number of hydrogen-bond acceptors (Lipinski definition) is 3. The average molecular weight is 489 g/mol. The van der Waals surface area contributed by atoms with Gasteiger partial charge < -0.3 is 15.0 Å². The monoisotopic (exact) mass is 488 g/mol. The second-order valence-corrected chi connectivity index (χ2v) is 9.05. The molecule has 5 nitrogen and oxygen atoms in total. The van der Waals surface area contributed by atoms with Crippen LogP contribution in [0.1, 0.15) is 49.4 Å². The largest absolute Gasteiger partial charge is 0.483 e. The van der Waals surface area contributed by atoms with Crippen LogP contribution in [0.25, 0.3) is 0 Å². The minimum absolute atomic E-state index is 0.0498. The van der Waals surface area contributed by atoms with E-state index in [4.69, 9.17) is 4.74 Å². The summed E-state index contributed by atoms with van der Waals surface area (Å²) >= 11 is 3.43. The fraction of sp³-hybridized carbons (Fsp3) is 0.440. The van der Waals surface area contributed by atoms with Crippen LogP contribution in [-0.4, -0.2) is 35.4 Å². The highest BCUT2D eigenvalue weighted by molar-refractivity contribution is 9.10. The normalized spacial score (nSPS) is 12.7. The van der Waals surface area contributed by atoms with E-state index in [1.165, 1.54) is 0 Å². The zero-order valence-corrected chi connectivity index (χ0v) is 20.9. The lowest BCUT2D eigenvalue weighted by Gasteiger charge is -2.29. The van der Waals surface area contributed by atoms with Gasteiger partial charge >= 0.3 is 0 Å². The molecule has 0 fully saturated rings. The Morgan fingerprint density at radius 2 is 1.74 bits per heavy atom. The van der Waals surface area contributed by atoms with Gasteiger partial charge in [-0.3, -0.25) is 9.59 Å². The summed E-state index contributed by atoms with van der Waals surface area (Å²) in [4.78, 5) is 27.5. The SMILES string of the molecule is CC[C@@H](C)NC(=O)[C@@H](C)N(Cc1ccc(Br)cc1)C(=O)COc1cc(C)cc(C)c1C.